The summed E-state index contributed by atoms with van der Waals surface area (Å²) in [7, 11) is 0. The Morgan fingerprint density at radius 2 is 1.70 bits per heavy atom. The lowest BCUT2D eigenvalue weighted by Gasteiger charge is -2.44. The summed E-state index contributed by atoms with van der Waals surface area (Å²) in [6.45, 7) is -0.694. The van der Waals surface area contributed by atoms with Crippen molar-refractivity contribution in [1.82, 2.24) is 5.32 Å². The minimum Gasteiger partial charge on any atom is -0.481 e. The van der Waals surface area contributed by atoms with Gasteiger partial charge in [-0.25, -0.2) is 8.78 Å². The molecule has 5 unspecified atom stereocenters. The SMILES string of the molecule is NN=C(C=NC1C(O)[C@H](O[C@@H]2CC(C(=O)O)C[C@@H](N/C=C(\N)c3cccc(F)c3)C2O)OC(CO)[C@@H]1O)c1cccc(F)c1. The topological polar surface area (TPSA) is 225 Å². The molecule has 1 saturated heterocycles. The molecule has 4 rings (SSSR count). The molecule has 9 atom stereocenters. The monoisotopic (exact) mass is 619 g/mol. The molecule has 13 nitrogen and oxygen atoms in total. The molecule has 10 N–H and O–H groups in total. The quantitative estimate of drug-likeness (QED) is 0.0975. The maximum Gasteiger partial charge on any atom is 0.306 e. The molecule has 1 aliphatic heterocycles. The van der Waals surface area contributed by atoms with Crippen molar-refractivity contribution < 1.29 is 48.6 Å². The number of hydrogen-bond acceptors (Lipinski definition) is 12. The number of carbonyl (C=O) groups is 1. The van der Waals surface area contributed by atoms with Gasteiger partial charge in [-0.3, -0.25) is 9.79 Å². The second kappa shape index (κ2) is 14.7. The van der Waals surface area contributed by atoms with Crippen LogP contribution in [0.2, 0.25) is 0 Å². The van der Waals surface area contributed by atoms with E-state index >= 15 is 0 Å². The number of aliphatic carboxylic acids is 1. The van der Waals surface area contributed by atoms with E-state index in [9.17, 15) is 39.1 Å². The van der Waals surface area contributed by atoms with Crippen LogP contribution in [0.5, 0.6) is 0 Å². The van der Waals surface area contributed by atoms with Crippen LogP contribution in [0.15, 0.2) is 64.8 Å². The first kappa shape index (κ1) is 32.9. The van der Waals surface area contributed by atoms with Crippen LogP contribution in [0.1, 0.15) is 24.0 Å². The van der Waals surface area contributed by atoms with Gasteiger partial charge in [0.1, 0.15) is 47.8 Å². The van der Waals surface area contributed by atoms with Crippen molar-refractivity contribution >= 4 is 23.6 Å². The molecular weight excluding hydrogens is 584 g/mol. The number of nitrogens with two attached hydrogens (primary N) is 2. The summed E-state index contributed by atoms with van der Waals surface area (Å²) >= 11 is 0. The van der Waals surface area contributed by atoms with E-state index in [4.69, 9.17) is 21.1 Å². The number of hydrazone groups is 1. The summed E-state index contributed by atoms with van der Waals surface area (Å²) in [6.07, 6.45) is -6.28. The molecule has 2 fully saturated rings. The fourth-order valence-corrected chi connectivity index (χ4v) is 5.19. The lowest BCUT2D eigenvalue weighted by molar-refractivity contribution is -0.300. The first-order valence-electron chi connectivity index (χ1n) is 13.8. The molecule has 238 valence electrons. The van der Waals surface area contributed by atoms with Gasteiger partial charge < -0.3 is 51.9 Å². The van der Waals surface area contributed by atoms with Crippen molar-refractivity contribution in [1.29, 1.82) is 0 Å². The summed E-state index contributed by atoms with van der Waals surface area (Å²) in [5.74, 6) is 2.26. The van der Waals surface area contributed by atoms with Gasteiger partial charge in [0.15, 0.2) is 6.29 Å². The molecule has 2 aromatic carbocycles. The Kier molecular flexibility index (Phi) is 11.0. The van der Waals surface area contributed by atoms with Gasteiger partial charge in [-0.15, -0.1) is 0 Å². The van der Waals surface area contributed by atoms with Gasteiger partial charge in [0.05, 0.1) is 30.4 Å². The van der Waals surface area contributed by atoms with Gasteiger partial charge >= 0.3 is 5.97 Å². The lowest BCUT2D eigenvalue weighted by Crippen LogP contribution is -2.61. The van der Waals surface area contributed by atoms with Crippen molar-refractivity contribution in [3.05, 3.63) is 77.5 Å². The van der Waals surface area contributed by atoms with Crippen LogP contribution in [0.3, 0.4) is 0 Å². The normalized spacial score (nSPS) is 31.6. The number of aliphatic hydroxyl groups excluding tert-OH is 4. The lowest BCUT2D eigenvalue weighted by atomic mass is 9.81. The maximum absolute atomic E-state index is 13.7. The second-order valence-electron chi connectivity index (χ2n) is 10.6. The van der Waals surface area contributed by atoms with Crippen molar-refractivity contribution in [3.63, 3.8) is 0 Å². The van der Waals surface area contributed by atoms with Crippen molar-refractivity contribution in [2.45, 2.75) is 61.7 Å². The van der Waals surface area contributed by atoms with Gasteiger partial charge in [-0.05, 0) is 37.1 Å². The fourth-order valence-electron chi connectivity index (χ4n) is 5.19. The van der Waals surface area contributed by atoms with Gasteiger partial charge in [0.2, 0.25) is 0 Å². The zero-order valence-corrected chi connectivity index (χ0v) is 23.4. The molecule has 0 bridgehead atoms. The number of nitrogens with zero attached hydrogens (tertiary/aromatic N) is 2. The van der Waals surface area contributed by atoms with Gasteiger partial charge in [-0.2, -0.15) is 5.10 Å². The van der Waals surface area contributed by atoms with Crippen LogP contribution in [0, 0.1) is 17.6 Å². The second-order valence-corrected chi connectivity index (χ2v) is 10.6. The van der Waals surface area contributed by atoms with Crippen LogP contribution in [-0.2, 0) is 14.3 Å². The first-order chi connectivity index (χ1) is 21.0. The number of benzene rings is 2. The summed E-state index contributed by atoms with van der Waals surface area (Å²) in [5, 5.41) is 59.0. The zero-order valence-electron chi connectivity index (χ0n) is 23.4. The van der Waals surface area contributed by atoms with E-state index in [1.807, 2.05) is 0 Å². The van der Waals surface area contributed by atoms with Gasteiger partial charge in [-0.1, -0.05) is 24.3 Å². The average molecular weight is 620 g/mol. The third kappa shape index (κ3) is 7.74. The van der Waals surface area contributed by atoms with Crippen LogP contribution in [-0.4, -0.2) is 98.9 Å². The van der Waals surface area contributed by atoms with E-state index in [2.05, 4.69) is 15.4 Å². The molecular formula is C29H35F2N5O8. The Hall–Kier alpha value is -3.99. The van der Waals surface area contributed by atoms with E-state index < -0.39 is 79.0 Å². The summed E-state index contributed by atoms with van der Waals surface area (Å²) in [5.41, 5.74) is 6.84. The van der Waals surface area contributed by atoms with E-state index in [0.29, 0.717) is 5.56 Å². The molecule has 0 aromatic heterocycles. The molecule has 0 amide bonds. The van der Waals surface area contributed by atoms with E-state index in [1.54, 1.807) is 6.07 Å². The maximum atomic E-state index is 13.7. The fraction of sp³-hybridized carbons (Fsp3) is 0.414. The Bertz CT molecular complexity index is 1400. The van der Waals surface area contributed by atoms with E-state index in [1.165, 1.54) is 42.6 Å². The number of halogens is 2. The standard InChI is InChI=1S/C29H35F2N5O8/c30-17-5-1-3-14(7-17)19(32)11-34-20-9-16(28(41)42)10-22(25(20)38)43-29-27(40)24(26(39)23(13-37)44-29)35-12-21(36-33)15-4-2-6-18(31)8-15/h1-8,11-12,16,20,22-27,29,34,37-40H,9-10,13,32-33H2,(H,41,42)/b19-11-,35-12?,36-21?/t16?,20-,22-,23?,24?,25?,26+,27?,29-/m1/s1. The molecule has 2 aliphatic rings. The van der Waals surface area contributed by atoms with E-state index in [-0.39, 0.29) is 29.8 Å². The first-order valence-corrected chi connectivity index (χ1v) is 13.8. The molecule has 15 heteroatoms. The summed E-state index contributed by atoms with van der Waals surface area (Å²) in [6, 6.07) is 8.61. The number of carboxylic acid groups (broad SMARTS) is 1. The van der Waals surface area contributed by atoms with Crippen molar-refractivity contribution in [2.75, 3.05) is 6.61 Å². The molecule has 0 radical (unpaired) electrons. The third-order valence-corrected chi connectivity index (χ3v) is 7.59. The smallest absolute Gasteiger partial charge is 0.306 e. The van der Waals surface area contributed by atoms with Gasteiger partial charge in [0, 0.05) is 23.5 Å². The number of carboxylic acids is 1. The highest BCUT2D eigenvalue weighted by Crippen LogP contribution is 2.32. The zero-order chi connectivity index (χ0) is 32.0. The molecule has 44 heavy (non-hydrogen) atoms. The molecule has 1 saturated carbocycles. The number of rotatable bonds is 10. The highest BCUT2D eigenvalue weighted by molar-refractivity contribution is 6.38. The Morgan fingerprint density at radius 3 is 2.32 bits per heavy atom. The Labute approximate surface area is 251 Å². The highest BCUT2D eigenvalue weighted by atomic mass is 19.1. The van der Waals surface area contributed by atoms with Crippen molar-refractivity contribution in [2.24, 2.45) is 27.6 Å². The van der Waals surface area contributed by atoms with Crippen LogP contribution < -0.4 is 16.9 Å². The number of ether oxygens (including phenoxy) is 2. The molecule has 2 aromatic rings. The number of nitrogens with one attached hydrogen (secondary N) is 1. The molecule has 1 aliphatic carbocycles. The summed E-state index contributed by atoms with van der Waals surface area (Å²) in [4.78, 5) is 16.1. The van der Waals surface area contributed by atoms with E-state index in [0.717, 1.165) is 12.3 Å². The third-order valence-electron chi connectivity index (χ3n) is 7.59. The largest absolute Gasteiger partial charge is 0.481 e. The Balaban J connectivity index is 1.52. The van der Waals surface area contributed by atoms with Crippen LogP contribution in [0.4, 0.5) is 8.78 Å². The number of aliphatic hydroxyl groups is 4. The van der Waals surface area contributed by atoms with Crippen LogP contribution >= 0.6 is 0 Å². The molecule has 0 spiro atoms. The average Bonchev–Trinajstić information content (AvgIpc) is 3.00. The van der Waals surface area contributed by atoms with Crippen molar-refractivity contribution in [3.8, 4) is 0 Å². The summed E-state index contributed by atoms with van der Waals surface area (Å²) < 4.78 is 38.8. The van der Waals surface area contributed by atoms with Crippen LogP contribution in [0.25, 0.3) is 5.70 Å². The minimum atomic E-state index is -1.66. The number of aliphatic imine (C=N–C) groups is 1. The minimum absolute atomic E-state index is 0.0104. The Morgan fingerprint density at radius 1 is 1.05 bits per heavy atom. The van der Waals surface area contributed by atoms with Gasteiger partial charge in [0.25, 0.3) is 0 Å². The number of hydrogen-bond donors (Lipinski definition) is 8. The predicted molar refractivity (Wildman–Crippen MR) is 154 cm³/mol. The molecule has 1 heterocycles. The predicted octanol–water partition coefficient (Wildman–Crippen LogP) is -0.338. The highest BCUT2D eigenvalue weighted by Gasteiger charge is 2.48.